The molecule has 0 aliphatic carbocycles. The van der Waals surface area contributed by atoms with E-state index in [-0.39, 0.29) is 0 Å². The Balaban J connectivity index is 1.75. The summed E-state index contributed by atoms with van der Waals surface area (Å²) in [6, 6.07) is 7.91. The van der Waals surface area contributed by atoms with Crippen molar-refractivity contribution < 1.29 is 23.4 Å². The fourth-order valence-electron chi connectivity index (χ4n) is 2.97. The molecule has 1 aromatic heterocycles. The molecule has 0 aliphatic heterocycles. The minimum atomic E-state index is -0.470. The Morgan fingerprint density at radius 2 is 1.80 bits per heavy atom. The van der Waals surface area contributed by atoms with Gasteiger partial charge in [0.25, 0.3) is 0 Å². The van der Waals surface area contributed by atoms with Crippen LogP contribution >= 0.6 is 0 Å². The van der Waals surface area contributed by atoms with Crippen molar-refractivity contribution in [3.05, 3.63) is 66.0 Å². The number of imidazole rings is 1. The molecule has 3 rings (SSSR count). The average Bonchev–Trinajstić information content (AvgIpc) is 3.17. The van der Waals surface area contributed by atoms with Crippen LogP contribution in [-0.4, -0.2) is 36.8 Å². The number of nitrogens with zero attached hydrogens (tertiary/aromatic N) is 2. The van der Waals surface area contributed by atoms with Crippen LogP contribution in [0.2, 0.25) is 0 Å². The van der Waals surface area contributed by atoms with Crippen LogP contribution in [0.1, 0.15) is 11.4 Å². The summed E-state index contributed by atoms with van der Waals surface area (Å²) in [6.45, 7) is 1.78. The molecule has 0 bridgehead atoms. The monoisotopic (exact) mass is 411 g/mol. The number of hydrogen-bond donors (Lipinski definition) is 1. The third-order valence-corrected chi connectivity index (χ3v) is 4.41. The lowest BCUT2D eigenvalue weighted by Gasteiger charge is -2.12. The quantitative estimate of drug-likeness (QED) is 0.595. The molecule has 0 unspecified atom stereocenters. The highest BCUT2D eigenvalue weighted by Gasteiger charge is 2.12. The smallest absolute Gasteiger partial charge is 0.248 e. The topological polar surface area (TPSA) is 74.6 Å². The Hall–Kier alpha value is -3.81. The highest BCUT2D eigenvalue weighted by Crippen LogP contribution is 2.38. The Morgan fingerprint density at radius 3 is 2.33 bits per heavy atom. The molecule has 2 aromatic carbocycles. The molecule has 156 valence electrons. The van der Waals surface area contributed by atoms with Crippen molar-refractivity contribution in [1.29, 1.82) is 0 Å². The van der Waals surface area contributed by atoms with Gasteiger partial charge in [-0.2, -0.15) is 0 Å². The van der Waals surface area contributed by atoms with Crippen molar-refractivity contribution >= 4 is 17.7 Å². The first-order chi connectivity index (χ1) is 14.5. The lowest BCUT2D eigenvalue weighted by atomic mass is 10.1. The van der Waals surface area contributed by atoms with Crippen LogP contribution in [0.15, 0.2) is 48.8 Å². The number of aryl methyl sites for hydroxylation is 1. The van der Waals surface area contributed by atoms with E-state index in [4.69, 9.17) is 14.2 Å². The summed E-state index contributed by atoms with van der Waals surface area (Å²) in [6.07, 6.45) is 6.20. The zero-order chi connectivity index (χ0) is 21.7. The van der Waals surface area contributed by atoms with Gasteiger partial charge in [-0.05, 0) is 48.9 Å². The third kappa shape index (κ3) is 4.43. The van der Waals surface area contributed by atoms with E-state index in [1.54, 1.807) is 54.2 Å². The summed E-state index contributed by atoms with van der Waals surface area (Å²) >= 11 is 0. The van der Waals surface area contributed by atoms with Gasteiger partial charge >= 0.3 is 0 Å². The summed E-state index contributed by atoms with van der Waals surface area (Å²) in [5.74, 6) is 1.20. The summed E-state index contributed by atoms with van der Waals surface area (Å²) < 4.78 is 32.0. The van der Waals surface area contributed by atoms with E-state index in [0.29, 0.717) is 40.0 Å². The highest BCUT2D eigenvalue weighted by molar-refractivity contribution is 6.02. The molecule has 8 heteroatoms. The van der Waals surface area contributed by atoms with Gasteiger partial charge in [0.05, 0.1) is 27.0 Å². The van der Waals surface area contributed by atoms with E-state index in [0.717, 1.165) is 0 Å². The summed E-state index contributed by atoms with van der Waals surface area (Å²) in [5, 5.41) is 2.64. The van der Waals surface area contributed by atoms with Gasteiger partial charge in [-0.1, -0.05) is 0 Å². The normalized spacial score (nSPS) is 10.8. The van der Waals surface area contributed by atoms with Crippen LogP contribution in [0.3, 0.4) is 0 Å². The number of rotatable bonds is 7. The number of aromatic nitrogens is 2. The minimum absolute atomic E-state index is 0.341. The molecule has 7 nitrogen and oxygen atoms in total. The van der Waals surface area contributed by atoms with Gasteiger partial charge in [-0.3, -0.25) is 4.79 Å². The van der Waals surface area contributed by atoms with Gasteiger partial charge in [-0.25, -0.2) is 9.37 Å². The Kier molecular flexibility index (Phi) is 6.36. The van der Waals surface area contributed by atoms with E-state index in [9.17, 15) is 9.18 Å². The second-order valence-electron chi connectivity index (χ2n) is 6.29. The molecular weight excluding hydrogens is 389 g/mol. The number of halogens is 1. The van der Waals surface area contributed by atoms with Crippen molar-refractivity contribution in [3.63, 3.8) is 0 Å². The van der Waals surface area contributed by atoms with Gasteiger partial charge in [0.2, 0.25) is 11.7 Å². The van der Waals surface area contributed by atoms with Gasteiger partial charge in [0.1, 0.15) is 11.6 Å². The fraction of sp³-hybridized carbons (Fsp3) is 0.182. The van der Waals surface area contributed by atoms with Crippen LogP contribution in [0.4, 0.5) is 10.1 Å². The van der Waals surface area contributed by atoms with Crippen LogP contribution in [0.25, 0.3) is 11.8 Å². The van der Waals surface area contributed by atoms with Gasteiger partial charge in [0.15, 0.2) is 11.5 Å². The zero-order valence-corrected chi connectivity index (χ0v) is 17.1. The summed E-state index contributed by atoms with van der Waals surface area (Å²) in [7, 11) is 4.55. The molecular formula is C22H22FN3O4. The van der Waals surface area contributed by atoms with Crippen molar-refractivity contribution in [2.24, 2.45) is 0 Å². The van der Waals surface area contributed by atoms with Gasteiger partial charge in [0, 0.05) is 24.2 Å². The van der Waals surface area contributed by atoms with Crippen LogP contribution in [0, 0.1) is 12.7 Å². The summed E-state index contributed by atoms with van der Waals surface area (Å²) in [4.78, 5) is 16.4. The predicted octanol–water partition coefficient (Wildman–Crippen LogP) is 4.00. The molecule has 3 aromatic rings. The van der Waals surface area contributed by atoms with E-state index in [1.807, 2.05) is 0 Å². The zero-order valence-electron chi connectivity index (χ0n) is 17.1. The SMILES string of the molecule is COc1cc(/C=C/C(=O)Nc2ccc(-n3ccnc3C)c(F)c2)cc(OC)c1OC. The van der Waals surface area contributed by atoms with Crippen molar-refractivity contribution in [3.8, 4) is 22.9 Å². The maximum Gasteiger partial charge on any atom is 0.248 e. The van der Waals surface area contributed by atoms with Gasteiger partial charge in [-0.15, -0.1) is 0 Å². The average molecular weight is 411 g/mol. The second-order valence-corrected chi connectivity index (χ2v) is 6.29. The first-order valence-corrected chi connectivity index (χ1v) is 9.05. The molecule has 0 fully saturated rings. The molecule has 0 saturated carbocycles. The number of ether oxygens (including phenoxy) is 3. The molecule has 1 amide bonds. The lowest BCUT2D eigenvalue weighted by molar-refractivity contribution is -0.111. The molecule has 0 atom stereocenters. The third-order valence-electron chi connectivity index (χ3n) is 4.41. The molecule has 1 heterocycles. The van der Waals surface area contributed by atoms with E-state index >= 15 is 0 Å². The summed E-state index contributed by atoms with van der Waals surface area (Å²) in [5.41, 5.74) is 1.38. The highest BCUT2D eigenvalue weighted by atomic mass is 19.1. The van der Waals surface area contributed by atoms with E-state index in [2.05, 4.69) is 10.3 Å². The molecule has 0 aliphatic rings. The molecule has 0 radical (unpaired) electrons. The van der Waals surface area contributed by atoms with Crippen molar-refractivity contribution in [1.82, 2.24) is 9.55 Å². The maximum absolute atomic E-state index is 14.5. The predicted molar refractivity (Wildman–Crippen MR) is 112 cm³/mol. The molecule has 30 heavy (non-hydrogen) atoms. The van der Waals surface area contributed by atoms with E-state index in [1.165, 1.54) is 33.5 Å². The number of benzene rings is 2. The maximum atomic E-state index is 14.5. The fourth-order valence-corrected chi connectivity index (χ4v) is 2.97. The van der Waals surface area contributed by atoms with E-state index < -0.39 is 11.7 Å². The lowest BCUT2D eigenvalue weighted by Crippen LogP contribution is -2.08. The van der Waals surface area contributed by atoms with Crippen LogP contribution in [-0.2, 0) is 4.79 Å². The number of nitrogens with one attached hydrogen (secondary N) is 1. The number of anilines is 1. The minimum Gasteiger partial charge on any atom is -0.493 e. The van der Waals surface area contributed by atoms with Gasteiger partial charge < -0.3 is 24.1 Å². The number of carbonyl (C=O) groups excluding carboxylic acids is 1. The largest absolute Gasteiger partial charge is 0.493 e. The van der Waals surface area contributed by atoms with Crippen LogP contribution < -0.4 is 19.5 Å². The molecule has 0 spiro atoms. The first kappa shape index (κ1) is 20.9. The molecule has 0 saturated heterocycles. The Morgan fingerprint density at radius 1 is 1.10 bits per heavy atom. The second kappa shape index (κ2) is 9.13. The molecule has 1 N–H and O–H groups in total. The van der Waals surface area contributed by atoms with Crippen molar-refractivity contribution in [2.75, 3.05) is 26.6 Å². The van der Waals surface area contributed by atoms with Crippen molar-refractivity contribution in [2.45, 2.75) is 6.92 Å². The number of amides is 1. The Bertz CT molecular complexity index is 1070. The van der Waals surface area contributed by atoms with Crippen LogP contribution in [0.5, 0.6) is 17.2 Å². The standard InChI is InChI=1S/C22H22FN3O4/c1-14-24-9-10-26(14)18-7-6-16(13-17(18)23)25-21(27)8-5-15-11-19(28-2)22(30-4)20(12-15)29-3/h5-13H,1-4H3,(H,25,27)/b8-5+. The number of methoxy groups -OCH3 is 3. The first-order valence-electron chi connectivity index (χ1n) is 9.05. The number of hydrogen-bond acceptors (Lipinski definition) is 5. The Labute approximate surface area is 173 Å². The number of carbonyl (C=O) groups is 1.